The fraction of sp³-hybridized carbons (Fsp3) is 0.507. The van der Waals surface area contributed by atoms with Gasteiger partial charge in [-0.25, -0.2) is 4.39 Å². The fourth-order valence-electron chi connectivity index (χ4n) is 11.9. The normalized spacial score (nSPS) is 22.1. The summed E-state index contributed by atoms with van der Waals surface area (Å²) in [7, 11) is 1.67. The molecule has 1 saturated heterocycles. The summed E-state index contributed by atoms with van der Waals surface area (Å²) in [5.74, 6) is -15.7. The number of amides is 11. The third kappa shape index (κ3) is 28.4. The van der Waals surface area contributed by atoms with Crippen LogP contribution in [0.25, 0.3) is 10.9 Å². The van der Waals surface area contributed by atoms with Gasteiger partial charge in [-0.2, -0.15) is 0 Å². The number of aromatic amines is 1. The Morgan fingerprint density at radius 2 is 1.37 bits per heavy atom. The van der Waals surface area contributed by atoms with Crippen LogP contribution in [0.4, 0.5) is 4.39 Å². The monoisotopic (exact) mass is 1550 g/mol. The summed E-state index contributed by atoms with van der Waals surface area (Å²) in [4.78, 5) is 190. The minimum Gasteiger partial charge on any atom is -0.508 e. The first-order valence-electron chi connectivity index (χ1n) is 34.8. The third-order valence-electron chi connectivity index (χ3n) is 17.6. The van der Waals surface area contributed by atoms with Crippen LogP contribution in [0.2, 0.25) is 5.02 Å². The summed E-state index contributed by atoms with van der Waals surface area (Å²) >= 11 is 6.64. The van der Waals surface area contributed by atoms with Crippen molar-refractivity contribution in [3.63, 3.8) is 0 Å². The summed E-state index contributed by atoms with van der Waals surface area (Å²) in [6.07, 6.45) is -2.04. The number of H-pyrrole nitrogens is 1. The number of primary amides is 1. The lowest BCUT2D eigenvalue weighted by Gasteiger charge is -2.30. The number of aliphatic imine (C=N–C) groups is 1. The molecule has 0 bridgehead atoms. The number of aliphatic hydroxyl groups is 1. The van der Waals surface area contributed by atoms with Gasteiger partial charge in [0, 0.05) is 97.8 Å². The number of carbonyl (C=O) groups is 13. The number of phenols is 1. The van der Waals surface area contributed by atoms with Gasteiger partial charge >= 0.3 is 11.9 Å². The first-order valence-corrected chi connectivity index (χ1v) is 37.7. The average molecular weight is 1550 g/mol. The number of fused-ring (bicyclic) bond motifs is 1. The molecule has 2 heterocycles. The van der Waals surface area contributed by atoms with E-state index in [0.29, 0.717) is 29.5 Å². The summed E-state index contributed by atoms with van der Waals surface area (Å²) < 4.78 is 14.8. The quantitative estimate of drug-likeness (QED) is 0.0152. The second-order valence-corrected chi connectivity index (χ2v) is 29.2. The van der Waals surface area contributed by atoms with Crippen molar-refractivity contribution < 1.29 is 87.1 Å². The highest BCUT2D eigenvalue weighted by Gasteiger charge is 2.38. The highest BCUT2D eigenvalue weighted by molar-refractivity contribution is 8.76. The fourth-order valence-corrected chi connectivity index (χ4v) is 14.5. The molecule has 11 amide bonds. The predicted molar refractivity (Wildman–Crippen MR) is 395 cm³/mol. The first-order chi connectivity index (χ1) is 50.9. The van der Waals surface area contributed by atoms with E-state index in [2.05, 4.69) is 63.1 Å². The number of phenolic OH excluding ortho intramolecular Hbond substituents is 1. The van der Waals surface area contributed by atoms with Crippen LogP contribution in [0.1, 0.15) is 108 Å². The van der Waals surface area contributed by atoms with Crippen molar-refractivity contribution in [2.24, 2.45) is 33.8 Å². The van der Waals surface area contributed by atoms with E-state index in [1.54, 1.807) is 32.0 Å². The molecule has 1 unspecified atom stereocenters. The lowest BCUT2D eigenvalue weighted by atomic mass is 10.00. The number of nitrogens with two attached hydrogens (primary N) is 4. The topological polar surface area (TPSA) is 559 Å². The lowest BCUT2D eigenvalue weighted by Crippen LogP contribution is -2.61. The molecule has 2 fully saturated rings. The number of hydrogen-bond acceptors (Lipinski definition) is 20. The Morgan fingerprint density at radius 1 is 0.729 bits per heavy atom. The highest BCUT2D eigenvalue weighted by Crippen LogP contribution is 2.27. The lowest BCUT2D eigenvalue weighted by molar-refractivity contribution is -0.139. The average Bonchev–Trinajstić information content (AvgIpc) is 1.80. The molecular formula is C69H95ClFN17O17S2. The number of guanidine groups is 1. The number of aromatic nitrogens is 1. The van der Waals surface area contributed by atoms with E-state index in [9.17, 15) is 82.4 Å². The van der Waals surface area contributed by atoms with Gasteiger partial charge in [-0.05, 0) is 104 Å². The van der Waals surface area contributed by atoms with E-state index in [-0.39, 0.29) is 91.2 Å². The number of halogens is 2. The van der Waals surface area contributed by atoms with E-state index in [0.717, 1.165) is 40.5 Å². The number of nitrogens with zero attached hydrogens (tertiary/aromatic N) is 2. The smallest absolute Gasteiger partial charge is 0.303 e. The van der Waals surface area contributed by atoms with Gasteiger partial charge in [0.05, 0.1) is 18.6 Å². The Morgan fingerprint density at radius 3 is 2.03 bits per heavy atom. The van der Waals surface area contributed by atoms with E-state index in [1.807, 2.05) is 0 Å². The minimum atomic E-state index is -2.06. The Bertz CT molecular complexity index is 3810. The molecule has 1 saturated carbocycles. The van der Waals surface area contributed by atoms with Crippen LogP contribution in [0, 0.1) is 11.7 Å². The molecular weight excluding hydrogens is 1460 g/mol. The van der Waals surface area contributed by atoms with Crippen LogP contribution in [-0.4, -0.2) is 218 Å². The Balaban J connectivity index is 1.42. The zero-order valence-electron chi connectivity index (χ0n) is 59.1. The third-order valence-corrected chi connectivity index (χ3v) is 20.4. The molecule has 0 radical (unpaired) electrons. The molecule has 38 heteroatoms. The van der Waals surface area contributed by atoms with Gasteiger partial charge in [0.2, 0.25) is 65.0 Å². The maximum absolute atomic E-state index is 15.1. The molecule has 6 rings (SSSR count). The molecule has 3 aromatic carbocycles. The van der Waals surface area contributed by atoms with Crippen LogP contribution in [0.5, 0.6) is 5.75 Å². The zero-order chi connectivity index (χ0) is 78.4. The molecule has 1 aromatic heterocycles. The van der Waals surface area contributed by atoms with E-state index < -0.39 is 200 Å². The minimum absolute atomic E-state index is 0.00223. The van der Waals surface area contributed by atoms with Crippen LogP contribution in [0.3, 0.4) is 0 Å². The summed E-state index contributed by atoms with van der Waals surface area (Å²) in [6.45, 7) is 2.14. The second kappa shape index (κ2) is 43.1. The molecule has 23 N–H and O–H groups in total. The molecule has 0 spiro atoms. The number of hydrogen-bond donors (Lipinski definition) is 19. The maximum atomic E-state index is 15.1. The molecule has 4 aromatic rings. The zero-order valence-corrected chi connectivity index (χ0v) is 61.5. The van der Waals surface area contributed by atoms with E-state index >= 15 is 4.79 Å². The van der Waals surface area contributed by atoms with Gasteiger partial charge in [0.1, 0.15) is 60.1 Å². The molecule has 34 nitrogen and oxygen atoms in total. The number of aliphatic carboxylic acids is 2. The van der Waals surface area contributed by atoms with Crippen molar-refractivity contribution in [2.45, 2.75) is 177 Å². The van der Waals surface area contributed by atoms with Crippen LogP contribution < -0.4 is 76.1 Å². The van der Waals surface area contributed by atoms with Gasteiger partial charge in [0.25, 0.3) is 0 Å². The summed E-state index contributed by atoms with van der Waals surface area (Å²) in [5, 5.41) is 68.4. The molecule has 107 heavy (non-hydrogen) atoms. The predicted octanol–water partition coefficient (Wildman–Crippen LogP) is -1.21. The number of rotatable bonds is 26. The number of aliphatic hydroxyl groups excluding tert-OH is 1. The Kier molecular flexibility index (Phi) is 34.7. The SMILES string of the molecule is CC(C)[C@@H]1NC(=O)[C@@H](NC(=O)[C@H](Cc2ccc(O)cc2)NC(=O)CN(C(=O)CCN)C2CCCC2)CSSC[C@@H](C(N)=O)NC(=O)[C@H](CCC(=O)O)NC(O)[C@H](Cc2c[nH]c3ccc(F)cc23)NC(=O)[C@H](CCC(=O)O)NC(=O)CCNC(=O)[C@H](CCCN=C(N)N)NC(=O)[C@H](Cc2ccccc2Cl)NC1=O. The van der Waals surface area contributed by atoms with Crippen molar-refractivity contribution in [2.75, 3.05) is 37.7 Å². The van der Waals surface area contributed by atoms with Gasteiger partial charge in [-0.15, -0.1) is 0 Å². The van der Waals surface area contributed by atoms with Crippen LogP contribution in [-0.2, 0) is 81.6 Å². The summed E-state index contributed by atoms with van der Waals surface area (Å²) in [5.41, 5.74) is 24.2. The highest BCUT2D eigenvalue weighted by atomic mass is 35.5. The number of carboxylic acids is 2. The Labute approximate surface area is 628 Å². The van der Waals surface area contributed by atoms with Crippen molar-refractivity contribution in [3.8, 4) is 5.75 Å². The van der Waals surface area contributed by atoms with Gasteiger partial charge < -0.3 is 101 Å². The number of carbonyl (C=O) groups excluding carboxylic acids is 11. The summed E-state index contributed by atoms with van der Waals surface area (Å²) in [6, 6.07) is 1.10. The standard InChI is InChI=1S/C69H95ClFN17O17S2/c1-36(2)59-68(105)84-50(29-38-8-3-6-11-44(38)70)65(102)81-46(12-7-26-77-69(74)75)61(98)76-27-24-54(90)79-47(19-21-57(93)94)62(99)83-51(30-39-32-78-45-18-15-40(71)31-43(39)45)66(103)82-48(20-22-58(95)96)63(100)85-52(60(73)97)34-106-107-35-53(67(104)87-59)86-64(101)49(28-37-13-16-42(89)17-14-37)80-55(91)33-88(56(92)23-25-72)41-9-4-5-10-41/h3,6,8,11,13-18,31-32,36,41,46-53,59,66,78,82,89,103H,4-5,7,9-10,12,19-30,33-35,72H2,1-2H3,(H2,73,97)(H,76,98)(H,79,90)(H,80,91)(H,81,102)(H,83,99)(H,84,105)(H,85,100)(H,86,101)(H,87,104)(H,93,94)(H,95,96)(H4,74,75,77)/t46-,47-,48-,49-,50-,51-,52-,53-,59-,66?/m0/s1. The number of carboxylic acid groups (broad SMARTS) is 2. The molecule has 2 aliphatic rings. The van der Waals surface area contributed by atoms with E-state index in [1.165, 1.54) is 53.6 Å². The van der Waals surface area contributed by atoms with Crippen molar-refractivity contribution in [1.29, 1.82) is 0 Å². The largest absolute Gasteiger partial charge is 0.508 e. The van der Waals surface area contributed by atoms with Gasteiger partial charge in [-0.3, -0.25) is 72.6 Å². The first kappa shape index (κ1) is 86.1. The second-order valence-electron chi connectivity index (χ2n) is 26.2. The van der Waals surface area contributed by atoms with Gasteiger partial charge in [0.15, 0.2) is 5.96 Å². The number of aromatic hydroxyl groups is 1. The molecule has 1 aliphatic carbocycles. The van der Waals surface area contributed by atoms with Crippen LogP contribution in [0.15, 0.2) is 77.9 Å². The van der Waals surface area contributed by atoms with Gasteiger partial charge in [-0.1, -0.05) is 90.2 Å². The van der Waals surface area contributed by atoms with Crippen molar-refractivity contribution in [1.82, 2.24) is 63.1 Å². The Hall–Kier alpha value is -9.82. The molecule has 1 aliphatic heterocycles. The van der Waals surface area contributed by atoms with Crippen molar-refractivity contribution >= 4 is 127 Å². The van der Waals surface area contributed by atoms with E-state index in [4.69, 9.17) is 34.5 Å². The van der Waals surface area contributed by atoms with Crippen LogP contribution >= 0.6 is 33.2 Å². The maximum Gasteiger partial charge on any atom is 0.303 e. The molecule has 584 valence electrons. The number of benzene rings is 3. The molecule has 10 atom stereocenters. The number of nitrogens with one attached hydrogen (secondary N) is 11. The van der Waals surface area contributed by atoms with Crippen molar-refractivity contribution in [3.05, 3.63) is 100 Å².